The SMILES string of the molecule is CCc1nccn1CCC(=O)N1CCC[C@@H]1c1ccnc(NC)c1. The number of aromatic nitrogens is 3. The van der Waals surface area contributed by atoms with Crippen molar-refractivity contribution in [1.82, 2.24) is 19.4 Å². The normalized spacial score (nSPS) is 17.2. The van der Waals surface area contributed by atoms with Gasteiger partial charge in [-0.15, -0.1) is 0 Å². The Bertz CT molecular complexity index is 696. The second-order valence-corrected chi connectivity index (χ2v) is 6.11. The lowest BCUT2D eigenvalue weighted by atomic mass is 10.1. The Labute approximate surface area is 142 Å². The molecule has 2 aromatic heterocycles. The van der Waals surface area contributed by atoms with Crippen LogP contribution in [0.4, 0.5) is 5.82 Å². The number of nitrogens with one attached hydrogen (secondary N) is 1. The van der Waals surface area contributed by atoms with E-state index >= 15 is 0 Å². The average Bonchev–Trinajstić information content (AvgIpc) is 3.28. The van der Waals surface area contributed by atoms with Crippen molar-refractivity contribution in [1.29, 1.82) is 0 Å². The van der Waals surface area contributed by atoms with Crippen LogP contribution in [0.15, 0.2) is 30.7 Å². The number of hydrogen-bond donors (Lipinski definition) is 1. The molecule has 0 bridgehead atoms. The van der Waals surface area contributed by atoms with Crippen LogP contribution in [-0.4, -0.2) is 38.9 Å². The first-order chi connectivity index (χ1) is 11.7. The Morgan fingerprint density at radius 1 is 1.38 bits per heavy atom. The smallest absolute Gasteiger partial charge is 0.224 e. The maximum atomic E-state index is 12.7. The summed E-state index contributed by atoms with van der Waals surface area (Å²) in [7, 11) is 1.86. The van der Waals surface area contributed by atoms with Gasteiger partial charge in [-0.2, -0.15) is 0 Å². The molecule has 0 aromatic carbocycles. The fourth-order valence-corrected chi connectivity index (χ4v) is 3.42. The molecule has 1 fully saturated rings. The van der Waals surface area contributed by atoms with E-state index in [1.807, 2.05) is 30.3 Å². The van der Waals surface area contributed by atoms with E-state index in [1.54, 1.807) is 12.4 Å². The van der Waals surface area contributed by atoms with E-state index in [2.05, 4.69) is 26.8 Å². The summed E-state index contributed by atoms with van der Waals surface area (Å²) < 4.78 is 2.08. The molecule has 1 N–H and O–H groups in total. The van der Waals surface area contributed by atoms with Crippen LogP contribution >= 0.6 is 0 Å². The van der Waals surface area contributed by atoms with E-state index in [9.17, 15) is 4.79 Å². The van der Waals surface area contributed by atoms with Crippen molar-refractivity contribution in [2.75, 3.05) is 18.9 Å². The predicted molar refractivity (Wildman–Crippen MR) is 93.7 cm³/mol. The molecule has 1 amide bonds. The van der Waals surface area contributed by atoms with Gasteiger partial charge in [0.2, 0.25) is 5.91 Å². The second kappa shape index (κ2) is 7.47. The first-order valence-corrected chi connectivity index (χ1v) is 8.66. The van der Waals surface area contributed by atoms with Crippen molar-refractivity contribution in [3.8, 4) is 0 Å². The van der Waals surface area contributed by atoms with Crippen molar-refractivity contribution in [3.63, 3.8) is 0 Å². The number of anilines is 1. The molecule has 1 aliphatic heterocycles. The topological polar surface area (TPSA) is 63.1 Å². The number of carbonyl (C=O) groups is 1. The minimum atomic E-state index is 0.168. The molecule has 1 saturated heterocycles. The number of carbonyl (C=O) groups excluding carboxylic acids is 1. The monoisotopic (exact) mass is 327 g/mol. The van der Waals surface area contributed by atoms with E-state index < -0.39 is 0 Å². The predicted octanol–water partition coefficient (Wildman–Crippen LogP) is 2.64. The largest absolute Gasteiger partial charge is 0.373 e. The van der Waals surface area contributed by atoms with Crippen LogP contribution in [0.25, 0.3) is 0 Å². The molecular weight excluding hydrogens is 302 g/mol. The van der Waals surface area contributed by atoms with Crippen LogP contribution in [-0.2, 0) is 17.8 Å². The highest BCUT2D eigenvalue weighted by molar-refractivity contribution is 5.77. The van der Waals surface area contributed by atoms with E-state index in [4.69, 9.17) is 0 Å². The zero-order valence-electron chi connectivity index (χ0n) is 14.4. The van der Waals surface area contributed by atoms with E-state index in [-0.39, 0.29) is 11.9 Å². The lowest BCUT2D eigenvalue weighted by Crippen LogP contribution is -2.31. The molecular formula is C18H25N5O. The molecule has 6 nitrogen and oxygen atoms in total. The van der Waals surface area contributed by atoms with Gasteiger partial charge in [-0.1, -0.05) is 6.92 Å². The third-order valence-corrected chi connectivity index (χ3v) is 4.68. The maximum Gasteiger partial charge on any atom is 0.224 e. The molecule has 0 radical (unpaired) electrons. The molecule has 0 unspecified atom stereocenters. The van der Waals surface area contributed by atoms with Gasteiger partial charge < -0.3 is 14.8 Å². The molecule has 1 aliphatic rings. The van der Waals surface area contributed by atoms with Gasteiger partial charge in [-0.3, -0.25) is 4.79 Å². The Balaban J connectivity index is 1.67. The number of nitrogens with zero attached hydrogens (tertiary/aromatic N) is 4. The van der Waals surface area contributed by atoms with Crippen LogP contribution in [0.3, 0.4) is 0 Å². The fraction of sp³-hybridized carbons (Fsp3) is 0.500. The van der Waals surface area contributed by atoms with Crippen molar-refractivity contribution in [3.05, 3.63) is 42.1 Å². The Morgan fingerprint density at radius 2 is 2.25 bits per heavy atom. The number of aryl methyl sites for hydroxylation is 2. The summed E-state index contributed by atoms with van der Waals surface area (Å²) in [6, 6.07) is 4.23. The van der Waals surface area contributed by atoms with E-state index in [0.29, 0.717) is 13.0 Å². The van der Waals surface area contributed by atoms with Crippen molar-refractivity contribution >= 4 is 11.7 Å². The minimum Gasteiger partial charge on any atom is -0.373 e. The number of hydrogen-bond acceptors (Lipinski definition) is 4. The van der Waals surface area contributed by atoms with Crippen LogP contribution < -0.4 is 5.32 Å². The second-order valence-electron chi connectivity index (χ2n) is 6.11. The standard InChI is InChI=1S/C18H25N5O/c1-3-17-21-9-12-22(17)11-7-18(24)23-10-4-5-15(23)14-6-8-20-16(13-14)19-2/h6,8-9,12-13,15H,3-5,7,10-11H2,1-2H3,(H,19,20)/t15-/m1/s1. The molecule has 1 atom stereocenters. The summed E-state index contributed by atoms with van der Waals surface area (Å²) in [5, 5.41) is 3.07. The summed E-state index contributed by atoms with van der Waals surface area (Å²) >= 11 is 0. The van der Waals surface area contributed by atoms with Gasteiger partial charge >= 0.3 is 0 Å². The van der Waals surface area contributed by atoms with Crippen LogP contribution in [0.1, 0.15) is 43.6 Å². The number of pyridine rings is 1. The molecule has 0 aliphatic carbocycles. The molecule has 128 valence electrons. The third kappa shape index (κ3) is 3.42. The zero-order chi connectivity index (χ0) is 16.9. The fourth-order valence-electron chi connectivity index (χ4n) is 3.42. The van der Waals surface area contributed by atoms with Gasteiger partial charge in [0.15, 0.2) is 0 Å². The Morgan fingerprint density at radius 3 is 3.04 bits per heavy atom. The van der Waals surface area contributed by atoms with Gasteiger partial charge in [0.1, 0.15) is 11.6 Å². The van der Waals surface area contributed by atoms with Crippen molar-refractivity contribution in [2.24, 2.45) is 0 Å². The van der Waals surface area contributed by atoms with Crippen LogP contribution in [0.2, 0.25) is 0 Å². The van der Waals surface area contributed by atoms with Gasteiger partial charge in [0.25, 0.3) is 0 Å². The molecule has 24 heavy (non-hydrogen) atoms. The Hall–Kier alpha value is -2.37. The van der Waals surface area contributed by atoms with Gasteiger partial charge in [-0.25, -0.2) is 9.97 Å². The first kappa shape index (κ1) is 16.5. The van der Waals surface area contributed by atoms with Gasteiger partial charge in [0.05, 0.1) is 6.04 Å². The van der Waals surface area contributed by atoms with Crippen LogP contribution in [0, 0.1) is 0 Å². The van der Waals surface area contributed by atoms with Crippen LogP contribution in [0.5, 0.6) is 0 Å². The quantitative estimate of drug-likeness (QED) is 0.886. The van der Waals surface area contributed by atoms with E-state index in [0.717, 1.165) is 43.0 Å². The number of amides is 1. The summed E-state index contributed by atoms with van der Waals surface area (Å²) in [6.45, 7) is 3.62. The molecule has 2 aromatic rings. The highest BCUT2D eigenvalue weighted by atomic mass is 16.2. The lowest BCUT2D eigenvalue weighted by molar-refractivity contribution is -0.132. The highest BCUT2D eigenvalue weighted by Crippen LogP contribution is 2.33. The average molecular weight is 327 g/mol. The van der Waals surface area contributed by atoms with Gasteiger partial charge in [0, 0.05) is 51.6 Å². The molecule has 3 rings (SSSR count). The summed E-state index contributed by atoms with van der Waals surface area (Å²) in [4.78, 5) is 23.3. The number of imidazole rings is 1. The lowest BCUT2D eigenvalue weighted by Gasteiger charge is -2.25. The highest BCUT2D eigenvalue weighted by Gasteiger charge is 2.29. The van der Waals surface area contributed by atoms with Gasteiger partial charge in [-0.05, 0) is 30.5 Å². The number of likely N-dealkylation sites (tertiary alicyclic amines) is 1. The summed E-state index contributed by atoms with van der Waals surface area (Å²) in [5.41, 5.74) is 1.16. The number of rotatable bonds is 6. The zero-order valence-corrected chi connectivity index (χ0v) is 14.4. The summed E-state index contributed by atoms with van der Waals surface area (Å²) in [5.74, 6) is 2.10. The molecule has 0 spiro atoms. The molecule has 6 heteroatoms. The van der Waals surface area contributed by atoms with Crippen molar-refractivity contribution < 1.29 is 4.79 Å². The summed E-state index contributed by atoms with van der Waals surface area (Å²) in [6.07, 6.45) is 9.04. The Kier molecular flexibility index (Phi) is 5.13. The molecule has 3 heterocycles. The van der Waals surface area contributed by atoms with Crippen molar-refractivity contribution in [2.45, 2.75) is 45.2 Å². The molecule has 0 saturated carbocycles. The maximum absolute atomic E-state index is 12.7. The first-order valence-electron chi connectivity index (χ1n) is 8.66. The minimum absolute atomic E-state index is 0.168. The third-order valence-electron chi connectivity index (χ3n) is 4.68. The van der Waals surface area contributed by atoms with E-state index in [1.165, 1.54) is 0 Å².